The number of halogens is 4. The number of hydrogen-bond donors (Lipinski definition) is 0. The molecule has 0 atom stereocenters. The maximum Gasteiger partial charge on any atom is 0.405 e. The van der Waals surface area contributed by atoms with Gasteiger partial charge in [-0.3, -0.25) is 4.79 Å². The summed E-state index contributed by atoms with van der Waals surface area (Å²) in [6, 6.07) is 4.22. The molecule has 18 heavy (non-hydrogen) atoms. The lowest BCUT2D eigenvalue weighted by molar-refractivity contribution is -0.120. The number of hydrogen-bond acceptors (Lipinski definition) is 2. The van der Waals surface area contributed by atoms with Crippen LogP contribution in [0.25, 0.3) is 0 Å². The number of aldehydes is 1. The number of rotatable bonds is 4. The summed E-state index contributed by atoms with van der Waals surface area (Å²) in [6.07, 6.45) is -3.62. The molecule has 2 nitrogen and oxygen atoms in total. The first kappa shape index (κ1) is 15.0. The van der Waals surface area contributed by atoms with Gasteiger partial charge < -0.3 is 4.90 Å². The predicted octanol–water partition coefficient (Wildman–Crippen LogP) is 4.04. The number of benzene rings is 1. The van der Waals surface area contributed by atoms with E-state index in [4.69, 9.17) is 0 Å². The third-order valence-electron chi connectivity index (χ3n) is 2.39. The topological polar surface area (TPSA) is 20.3 Å². The summed E-state index contributed by atoms with van der Waals surface area (Å²) >= 11 is 3.20. The molecule has 0 bridgehead atoms. The van der Waals surface area contributed by atoms with Crippen LogP contribution in [-0.2, 0) is 0 Å². The minimum absolute atomic E-state index is 0.301. The van der Waals surface area contributed by atoms with Crippen molar-refractivity contribution >= 4 is 27.9 Å². The van der Waals surface area contributed by atoms with Crippen LogP contribution < -0.4 is 4.90 Å². The van der Waals surface area contributed by atoms with Crippen molar-refractivity contribution in [2.24, 2.45) is 0 Å². The quantitative estimate of drug-likeness (QED) is 0.779. The van der Waals surface area contributed by atoms with Gasteiger partial charge in [-0.1, -0.05) is 0 Å². The Morgan fingerprint density at radius 3 is 2.39 bits per heavy atom. The number of carbonyl (C=O) groups is 1. The maximum atomic E-state index is 12.5. The fraction of sp³-hybridized carbons (Fsp3) is 0.417. The summed E-state index contributed by atoms with van der Waals surface area (Å²) in [7, 11) is 0. The van der Waals surface area contributed by atoms with Gasteiger partial charge >= 0.3 is 6.18 Å². The van der Waals surface area contributed by atoms with Crippen LogP contribution in [0.1, 0.15) is 24.2 Å². The molecular formula is C12H13BrF3NO. The van der Waals surface area contributed by atoms with Crippen LogP contribution in [0.3, 0.4) is 0 Å². The monoisotopic (exact) mass is 323 g/mol. The molecule has 0 aliphatic carbocycles. The molecule has 0 heterocycles. The molecule has 0 saturated heterocycles. The van der Waals surface area contributed by atoms with Gasteiger partial charge in [0.1, 0.15) is 12.8 Å². The van der Waals surface area contributed by atoms with Gasteiger partial charge in [-0.05, 0) is 48.0 Å². The Bertz CT molecular complexity index is 432. The first-order valence-electron chi connectivity index (χ1n) is 5.32. The Morgan fingerprint density at radius 2 is 2.00 bits per heavy atom. The Balaban J connectivity index is 3.10. The predicted molar refractivity (Wildman–Crippen MR) is 68.1 cm³/mol. The van der Waals surface area contributed by atoms with E-state index in [-0.39, 0.29) is 6.04 Å². The largest absolute Gasteiger partial charge is 0.405 e. The van der Waals surface area contributed by atoms with E-state index in [0.717, 1.165) is 0 Å². The highest BCUT2D eigenvalue weighted by Crippen LogP contribution is 2.31. The average molecular weight is 324 g/mol. The second kappa shape index (κ2) is 5.73. The van der Waals surface area contributed by atoms with E-state index in [9.17, 15) is 18.0 Å². The van der Waals surface area contributed by atoms with E-state index < -0.39 is 12.7 Å². The highest BCUT2D eigenvalue weighted by Gasteiger charge is 2.32. The molecule has 0 saturated carbocycles. The van der Waals surface area contributed by atoms with Gasteiger partial charge in [0.15, 0.2) is 0 Å². The van der Waals surface area contributed by atoms with Crippen LogP contribution in [-0.4, -0.2) is 25.0 Å². The molecule has 0 N–H and O–H groups in total. The number of alkyl halides is 3. The molecule has 0 fully saturated rings. The summed E-state index contributed by atoms with van der Waals surface area (Å²) in [5.74, 6) is 0. The molecular weight excluding hydrogens is 311 g/mol. The molecule has 0 unspecified atom stereocenters. The van der Waals surface area contributed by atoms with Crippen molar-refractivity contribution < 1.29 is 18.0 Å². The zero-order chi connectivity index (χ0) is 13.9. The van der Waals surface area contributed by atoms with Gasteiger partial charge in [-0.2, -0.15) is 13.2 Å². The molecule has 1 aromatic carbocycles. The highest BCUT2D eigenvalue weighted by molar-refractivity contribution is 9.10. The summed E-state index contributed by atoms with van der Waals surface area (Å²) in [6.45, 7) is 2.35. The Labute approximate surface area is 112 Å². The number of nitrogens with zero attached hydrogens (tertiary/aromatic N) is 1. The fourth-order valence-electron chi connectivity index (χ4n) is 1.57. The highest BCUT2D eigenvalue weighted by atomic mass is 79.9. The SMILES string of the molecule is CC(C)N(CC(F)(F)F)c1ccc(C=O)cc1Br. The Hall–Kier alpha value is -1.04. The van der Waals surface area contributed by atoms with E-state index in [1.807, 2.05) is 0 Å². The third-order valence-corrected chi connectivity index (χ3v) is 3.03. The van der Waals surface area contributed by atoms with Crippen molar-refractivity contribution in [1.29, 1.82) is 0 Å². The van der Waals surface area contributed by atoms with E-state index in [1.54, 1.807) is 13.8 Å². The molecule has 1 aromatic rings. The lowest BCUT2D eigenvalue weighted by Gasteiger charge is -2.30. The average Bonchev–Trinajstić information content (AvgIpc) is 2.24. The summed E-state index contributed by atoms with van der Waals surface area (Å²) in [5, 5.41) is 0. The minimum Gasteiger partial charge on any atom is -0.359 e. The van der Waals surface area contributed by atoms with Gasteiger partial charge in [0.25, 0.3) is 0 Å². The standard InChI is InChI=1S/C12H13BrF3NO/c1-8(2)17(7-12(14,15)16)11-4-3-9(6-18)5-10(11)13/h3-6,8H,7H2,1-2H3. The van der Waals surface area contributed by atoms with Crippen LogP contribution in [0.15, 0.2) is 22.7 Å². The molecule has 0 spiro atoms. The zero-order valence-electron chi connectivity index (χ0n) is 9.96. The first-order chi connectivity index (χ1) is 8.24. The van der Waals surface area contributed by atoms with E-state index in [1.165, 1.54) is 23.1 Å². The second-order valence-corrected chi connectivity index (χ2v) is 5.02. The summed E-state index contributed by atoms with van der Waals surface area (Å²) < 4.78 is 38.0. The van der Waals surface area contributed by atoms with Crippen molar-refractivity contribution in [2.45, 2.75) is 26.1 Å². The lowest BCUT2D eigenvalue weighted by atomic mass is 10.2. The molecule has 0 aliphatic heterocycles. The van der Waals surface area contributed by atoms with Gasteiger partial charge in [-0.25, -0.2) is 0 Å². The third kappa shape index (κ3) is 4.01. The molecule has 0 aliphatic rings. The van der Waals surface area contributed by atoms with Crippen LogP contribution in [0, 0.1) is 0 Å². The van der Waals surface area contributed by atoms with Gasteiger partial charge in [0, 0.05) is 16.1 Å². The van der Waals surface area contributed by atoms with Crippen molar-refractivity contribution in [3.63, 3.8) is 0 Å². The van der Waals surface area contributed by atoms with Crippen molar-refractivity contribution in [1.82, 2.24) is 0 Å². The first-order valence-corrected chi connectivity index (χ1v) is 6.12. The Morgan fingerprint density at radius 1 is 1.39 bits per heavy atom. The molecule has 0 aromatic heterocycles. The fourth-order valence-corrected chi connectivity index (χ4v) is 2.19. The normalized spacial score (nSPS) is 11.7. The summed E-state index contributed by atoms with van der Waals surface area (Å²) in [4.78, 5) is 11.8. The summed E-state index contributed by atoms with van der Waals surface area (Å²) in [5.41, 5.74) is 0.842. The van der Waals surface area contributed by atoms with Crippen molar-refractivity contribution in [3.8, 4) is 0 Å². The molecule has 6 heteroatoms. The molecule has 0 radical (unpaired) electrons. The van der Waals surface area contributed by atoms with E-state index >= 15 is 0 Å². The van der Waals surface area contributed by atoms with E-state index in [0.29, 0.717) is 22.0 Å². The minimum atomic E-state index is -4.27. The van der Waals surface area contributed by atoms with Gasteiger partial charge in [0.2, 0.25) is 0 Å². The number of carbonyl (C=O) groups excluding carboxylic acids is 1. The molecule has 100 valence electrons. The lowest BCUT2D eigenvalue weighted by Crippen LogP contribution is -2.39. The van der Waals surface area contributed by atoms with Crippen LogP contribution in [0.4, 0.5) is 18.9 Å². The maximum absolute atomic E-state index is 12.5. The molecule has 1 rings (SSSR count). The Kier molecular flexibility index (Phi) is 4.78. The van der Waals surface area contributed by atoms with Crippen molar-refractivity contribution in [2.75, 3.05) is 11.4 Å². The molecule has 0 amide bonds. The second-order valence-electron chi connectivity index (χ2n) is 4.17. The van der Waals surface area contributed by atoms with Crippen LogP contribution in [0.2, 0.25) is 0 Å². The van der Waals surface area contributed by atoms with Gasteiger partial charge in [0.05, 0.1) is 5.69 Å². The van der Waals surface area contributed by atoms with Crippen LogP contribution >= 0.6 is 15.9 Å². The van der Waals surface area contributed by atoms with Crippen LogP contribution in [0.5, 0.6) is 0 Å². The zero-order valence-corrected chi connectivity index (χ0v) is 11.5. The number of anilines is 1. The van der Waals surface area contributed by atoms with Crippen molar-refractivity contribution in [3.05, 3.63) is 28.2 Å². The smallest absolute Gasteiger partial charge is 0.359 e. The van der Waals surface area contributed by atoms with Gasteiger partial charge in [-0.15, -0.1) is 0 Å². The van der Waals surface area contributed by atoms with E-state index in [2.05, 4.69) is 15.9 Å².